The summed E-state index contributed by atoms with van der Waals surface area (Å²) in [5.74, 6) is 0. The van der Waals surface area contributed by atoms with Gasteiger partial charge in [0.2, 0.25) is 0 Å². The first-order valence-corrected chi connectivity index (χ1v) is 11.3. The Bertz CT molecular complexity index is 1510. The Hall–Kier alpha value is -3.77. The van der Waals surface area contributed by atoms with E-state index in [1.807, 2.05) is 31.2 Å². The Morgan fingerprint density at radius 2 is 1.71 bits per heavy atom. The Morgan fingerprint density at radius 3 is 2.47 bits per heavy atom. The van der Waals surface area contributed by atoms with Crippen molar-refractivity contribution in [3.8, 4) is 0 Å². The number of allylic oxidation sites excluding steroid dienone is 3. The normalized spacial score (nSPS) is 15.3. The maximum Gasteiger partial charge on any atom is 0.677 e. The molecule has 0 atom stereocenters. The second kappa shape index (κ2) is 9.24. The summed E-state index contributed by atoms with van der Waals surface area (Å²) in [6, 6.07) is 22.2. The molecule has 2 N–H and O–H groups in total. The maximum atomic E-state index is 13.5. The molecule has 0 saturated heterocycles. The first-order chi connectivity index (χ1) is 16.6. The van der Waals surface area contributed by atoms with E-state index in [0.717, 1.165) is 26.9 Å². The molecule has 34 heavy (non-hydrogen) atoms. The number of halogens is 2. The molecule has 0 amide bonds. The molecule has 2 heterocycles. The van der Waals surface area contributed by atoms with Gasteiger partial charge in [-0.15, -0.1) is 0 Å². The van der Waals surface area contributed by atoms with Crippen molar-refractivity contribution in [1.29, 1.82) is 0 Å². The van der Waals surface area contributed by atoms with Crippen molar-refractivity contribution in [2.45, 2.75) is 13.3 Å². The minimum Gasteiger partial charge on any atom is -0.332 e. The van der Waals surface area contributed by atoms with E-state index in [4.69, 9.17) is 10.7 Å². The van der Waals surface area contributed by atoms with Crippen LogP contribution in [-0.2, 0) is 0 Å². The summed E-state index contributed by atoms with van der Waals surface area (Å²) in [7, 11) is -2.62. The van der Waals surface area contributed by atoms with Crippen molar-refractivity contribution in [3.63, 3.8) is 0 Å². The van der Waals surface area contributed by atoms with Crippen LogP contribution in [0.15, 0.2) is 101 Å². The molecule has 0 aliphatic carbocycles. The van der Waals surface area contributed by atoms with Crippen LogP contribution in [-0.4, -0.2) is 24.1 Å². The zero-order valence-electron chi connectivity index (χ0n) is 18.9. The average Bonchev–Trinajstić information content (AvgIpc) is 3.48. The third-order valence-corrected chi connectivity index (χ3v) is 6.19. The molecule has 168 valence electrons. The van der Waals surface area contributed by atoms with Crippen LogP contribution >= 0.6 is 0 Å². The standard InChI is InChI=1S/C28H24BF2N3/c1-19-17-22(33-28(19)26(14-15-32)27-11-6-16-34(27)29(30)31)13-12-21-18-20-7-2-3-8-23(20)25-10-5-4-9-24(21)25/h2-13,16-18H,14-15,32H2,1H3/b13-12+,28-26-. The minimum atomic E-state index is -2.62. The van der Waals surface area contributed by atoms with Gasteiger partial charge in [0, 0.05) is 11.3 Å². The molecule has 0 saturated carbocycles. The molecular weight excluding hydrogens is 427 g/mol. The van der Waals surface area contributed by atoms with Crippen LogP contribution in [0.4, 0.5) is 8.63 Å². The van der Waals surface area contributed by atoms with Crippen LogP contribution in [0.1, 0.15) is 24.6 Å². The van der Waals surface area contributed by atoms with Crippen molar-refractivity contribution in [2.75, 3.05) is 6.54 Å². The van der Waals surface area contributed by atoms with E-state index in [2.05, 4.69) is 48.5 Å². The van der Waals surface area contributed by atoms with Gasteiger partial charge in [0.25, 0.3) is 0 Å². The molecule has 0 spiro atoms. The van der Waals surface area contributed by atoms with E-state index >= 15 is 0 Å². The summed E-state index contributed by atoms with van der Waals surface area (Å²) in [5.41, 5.74) is 10.6. The van der Waals surface area contributed by atoms with Crippen molar-refractivity contribution in [3.05, 3.63) is 108 Å². The Morgan fingerprint density at radius 1 is 0.971 bits per heavy atom. The van der Waals surface area contributed by atoms with Gasteiger partial charge in [-0.05, 0) is 89.1 Å². The van der Waals surface area contributed by atoms with E-state index in [9.17, 15) is 8.63 Å². The van der Waals surface area contributed by atoms with Gasteiger partial charge in [-0.3, -0.25) is 8.63 Å². The Balaban J connectivity index is 1.58. The predicted octanol–water partition coefficient (Wildman–Crippen LogP) is 6.74. The SMILES string of the molecule is CC1=CC(/C=C/c2cc3ccccc3c3ccccc23)=NC/1=C(/CCN)c1cccn1B(F)F. The first kappa shape index (κ1) is 22.0. The molecule has 3 aromatic carbocycles. The van der Waals surface area contributed by atoms with Crippen LogP contribution in [0.3, 0.4) is 0 Å². The number of aromatic nitrogens is 1. The fraction of sp³-hybridized carbons (Fsp3) is 0.107. The summed E-state index contributed by atoms with van der Waals surface area (Å²) in [5, 5.41) is 4.78. The lowest BCUT2D eigenvalue weighted by atomic mass is 9.97. The van der Waals surface area contributed by atoms with Gasteiger partial charge in [0.15, 0.2) is 0 Å². The van der Waals surface area contributed by atoms with Gasteiger partial charge < -0.3 is 10.2 Å². The third kappa shape index (κ3) is 4.01. The van der Waals surface area contributed by atoms with E-state index in [1.165, 1.54) is 27.7 Å². The number of hydrogen-bond donors (Lipinski definition) is 1. The van der Waals surface area contributed by atoms with Gasteiger partial charge in [0.05, 0.1) is 11.4 Å². The predicted molar refractivity (Wildman–Crippen MR) is 140 cm³/mol. The highest BCUT2D eigenvalue weighted by molar-refractivity contribution is 6.41. The summed E-state index contributed by atoms with van der Waals surface area (Å²) in [6.07, 6.45) is 7.90. The second-order valence-electron chi connectivity index (χ2n) is 8.37. The summed E-state index contributed by atoms with van der Waals surface area (Å²) in [4.78, 5) is 4.80. The molecule has 1 aliphatic heterocycles. The topological polar surface area (TPSA) is 43.3 Å². The lowest BCUT2D eigenvalue weighted by Crippen LogP contribution is -2.16. The minimum absolute atomic E-state index is 0.351. The van der Waals surface area contributed by atoms with Gasteiger partial charge in [0.1, 0.15) is 0 Å². The average molecular weight is 451 g/mol. The number of fused-ring (bicyclic) bond motifs is 3. The highest BCUT2D eigenvalue weighted by Crippen LogP contribution is 2.33. The number of hydrogen-bond acceptors (Lipinski definition) is 2. The van der Waals surface area contributed by atoms with Gasteiger partial charge in [-0.2, -0.15) is 0 Å². The van der Waals surface area contributed by atoms with E-state index < -0.39 is 7.40 Å². The number of rotatable bonds is 6. The number of nitrogens with zero attached hydrogens (tertiary/aromatic N) is 2. The summed E-state index contributed by atoms with van der Waals surface area (Å²) in [6.45, 7) is 2.31. The molecule has 1 aliphatic rings. The highest BCUT2D eigenvalue weighted by atomic mass is 19.2. The van der Waals surface area contributed by atoms with Crippen molar-refractivity contribution >= 4 is 46.3 Å². The van der Waals surface area contributed by atoms with Gasteiger partial charge in [-0.1, -0.05) is 54.6 Å². The zero-order valence-corrected chi connectivity index (χ0v) is 18.9. The fourth-order valence-electron chi connectivity index (χ4n) is 4.66. The van der Waals surface area contributed by atoms with Crippen molar-refractivity contribution < 1.29 is 8.63 Å². The summed E-state index contributed by atoms with van der Waals surface area (Å²) < 4.78 is 28.0. The van der Waals surface area contributed by atoms with Crippen molar-refractivity contribution in [1.82, 2.24) is 4.48 Å². The van der Waals surface area contributed by atoms with Crippen LogP contribution in [0.2, 0.25) is 0 Å². The lowest BCUT2D eigenvalue weighted by molar-refractivity contribution is 0.628. The van der Waals surface area contributed by atoms with Crippen molar-refractivity contribution in [2.24, 2.45) is 10.7 Å². The fourth-order valence-corrected chi connectivity index (χ4v) is 4.66. The highest BCUT2D eigenvalue weighted by Gasteiger charge is 2.24. The molecule has 6 heteroatoms. The van der Waals surface area contributed by atoms with Crippen LogP contribution < -0.4 is 5.73 Å². The van der Waals surface area contributed by atoms with E-state index in [1.54, 1.807) is 12.1 Å². The largest absolute Gasteiger partial charge is 0.677 e. The number of nitrogens with two attached hydrogens (primary N) is 1. The second-order valence-corrected chi connectivity index (χ2v) is 8.37. The Kier molecular flexibility index (Phi) is 5.99. The van der Waals surface area contributed by atoms with E-state index in [-0.39, 0.29) is 0 Å². The van der Waals surface area contributed by atoms with Gasteiger partial charge in [-0.25, -0.2) is 4.99 Å². The number of aliphatic imine (C=N–C) groups is 1. The van der Waals surface area contributed by atoms with Gasteiger partial charge >= 0.3 is 7.40 Å². The molecule has 5 rings (SSSR count). The molecule has 4 aromatic rings. The molecule has 1 aromatic heterocycles. The van der Waals surface area contributed by atoms with Crippen LogP contribution in [0, 0.1) is 0 Å². The molecule has 0 fully saturated rings. The first-order valence-electron chi connectivity index (χ1n) is 11.3. The quantitative estimate of drug-likeness (QED) is 0.256. The smallest absolute Gasteiger partial charge is 0.332 e. The lowest BCUT2D eigenvalue weighted by Gasteiger charge is -2.12. The van der Waals surface area contributed by atoms with E-state index in [0.29, 0.717) is 24.4 Å². The molecule has 0 bridgehead atoms. The monoisotopic (exact) mass is 451 g/mol. The maximum absolute atomic E-state index is 13.5. The molecular formula is C28H24BF2N3. The molecule has 3 nitrogen and oxygen atoms in total. The van der Waals surface area contributed by atoms with Crippen LogP contribution in [0.25, 0.3) is 33.2 Å². The third-order valence-electron chi connectivity index (χ3n) is 6.19. The zero-order chi connectivity index (χ0) is 23.7. The molecule has 0 unspecified atom stereocenters. The summed E-state index contributed by atoms with van der Waals surface area (Å²) >= 11 is 0. The molecule has 0 radical (unpaired) electrons. The number of benzene rings is 3. The Labute approximate surface area is 197 Å². The van der Waals surface area contributed by atoms with Crippen LogP contribution in [0.5, 0.6) is 0 Å².